The average Bonchev–Trinajstić information content (AvgIpc) is 2.42. The zero-order valence-electron chi connectivity index (χ0n) is 11.0. The molecule has 0 N–H and O–H groups in total. The lowest BCUT2D eigenvalue weighted by Gasteiger charge is -2.33. The third-order valence-electron chi connectivity index (χ3n) is 3.51. The van der Waals surface area contributed by atoms with Gasteiger partial charge in [-0.25, -0.2) is 8.78 Å². The quantitative estimate of drug-likeness (QED) is 0.778. The molecule has 1 fully saturated rings. The first kappa shape index (κ1) is 14.1. The van der Waals surface area contributed by atoms with Crippen molar-refractivity contribution in [3.63, 3.8) is 0 Å². The molecule has 0 aromatic heterocycles. The molecule has 0 saturated carbocycles. The van der Waals surface area contributed by atoms with Crippen molar-refractivity contribution in [1.82, 2.24) is 9.80 Å². The summed E-state index contributed by atoms with van der Waals surface area (Å²) in [5.74, 6) is -1.60. The van der Waals surface area contributed by atoms with Crippen LogP contribution in [0.1, 0.15) is 17.3 Å². The van der Waals surface area contributed by atoms with Crippen LogP contribution >= 0.6 is 0 Å². The first-order valence-corrected chi connectivity index (χ1v) is 6.53. The molecule has 1 aliphatic heterocycles. The minimum atomic E-state index is -0.654. The Morgan fingerprint density at radius 1 is 1.16 bits per heavy atom. The molecule has 0 amide bonds. The van der Waals surface area contributed by atoms with Crippen LogP contribution in [0.5, 0.6) is 0 Å². The average molecular weight is 268 g/mol. The number of halogens is 2. The fraction of sp³-hybridized carbons (Fsp3) is 0.500. The normalized spacial score (nSPS) is 17.6. The molecule has 104 valence electrons. The molecule has 0 atom stereocenters. The molecule has 1 aromatic carbocycles. The number of hydrogen-bond acceptors (Lipinski definition) is 3. The van der Waals surface area contributed by atoms with Crippen molar-refractivity contribution in [2.75, 3.05) is 39.3 Å². The summed E-state index contributed by atoms with van der Waals surface area (Å²) in [5.41, 5.74) is -0.155. The van der Waals surface area contributed by atoms with Gasteiger partial charge < -0.3 is 4.90 Å². The van der Waals surface area contributed by atoms with Crippen molar-refractivity contribution < 1.29 is 13.6 Å². The Hall–Kier alpha value is -1.33. The zero-order chi connectivity index (χ0) is 13.8. The van der Waals surface area contributed by atoms with Crippen LogP contribution in [-0.2, 0) is 0 Å². The lowest BCUT2D eigenvalue weighted by molar-refractivity contribution is 0.0855. The van der Waals surface area contributed by atoms with E-state index in [1.807, 2.05) is 4.90 Å². The first-order chi connectivity index (χ1) is 9.10. The Labute approximate surface area is 111 Å². The number of nitrogens with zero attached hydrogens (tertiary/aromatic N) is 2. The molecule has 0 spiro atoms. The number of piperazine rings is 1. The van der Waals surface area contributed by atoms with Gasteiger partial charge >= 0.3 is 0 Å². The van der Waals surface area contributed by atoms with Gasteiger partial charge in [-0.3, -0.25) is 9.69 Å². The highest BCUT2D eigenvalue weighted by molar-refractivity contribution is 5.97. The van der Waals surface area contributed by atoms with Gasteiger partial charge in [-0.15, -0.1) is 0 Å². The van der Waals surface area contributed by atoms with Crippen LogP contribution in [-0.4, -0.2) is 54.9 Å². The second-order valence-corrected chi connectivity index (χ2v) is 4.76. The van der Waals surface area contributed by atoms with Gasteiger partial charge in [-0.1, -0.05) is 6.92 Å². The predicted molar refractivity (Wildman–Crippen MR) is 69.2 cm³/mol. The molecule has 0 aliphatic carbocycles. The lowest BCUT2D eigenvalue weighted by atomic mass is 10.1. The highest BCUT2D eigenvalue weighted by Crippen LogP contribution is 2.12. The smallest absolute Gasteiger partial charge is 0.179 e. The van der Waals surface area contributed by atoms with Gasteiger partial charge in [-0.2, -0.15) is 0 Å². The summed E-state index contributed by atoms with van der Waals surface area (Å²) in [7, 11) is 0. The summed E-state index contributed by atoms with van der Waals surface area (Å²) in [6.07, 6.45) is 0. The summed E-state index contributed by atoms with van der Waals surface area (Å²) in [4.78, 5) is 16.3. The van der Waals surface area contributed by atoms with Gasteiger partial charge in [0, 0.05) is 26.2 Å². The Kier molecular flexibility index (Phi) is 4.61. The number of hydrogen-bond donors (Lipinski definition) is 0. The monoisotopic (exact) mass is 268 g/mol. The van der Waals surface area contributed by atoms with E-state index in [9.17, 15) is 13.6 Å². The van der Waals surface area contributed by atoms with Crippen LogP contribution in [0.3, 0.4) is 0 Å². The van der Waals surface area contributed by atoms with Crippen molar-refractivity contribution in [2.45, 2.75) is 6.92 Å². The third-order valence-corrected chi connectivity index (χ3v) is 3.51. The fourth-order valence-electron chi connectivity index (χ4n) is 2.26. The standard InChI is InChI=1S/C14H18F2N2O/c1-2-17-5-7-18(8-6-17)10-14(19)12-9-11(15)3-4-13(12)16/h3-4,9H,2,5-8,10H2,1H3. The van der Waals surface area contributed by atoms with E-state index in [0.717, 1.165) is 50.9 Å². The molecular formula is C14H18F2N2O. The maximum absolute atomic E-state index is 13.5. The Balaban J connectivity index is 1.96. The second-order valence-electron chi connectivity index (χ2n) is 4.76. The zero-order valence-corrected chi connectivity index (χ0v) is 11.0. The number of ketones is 1. The highest BCUT2D eigenvalue weighted by atomic mass is 19.1. The number of rotatable bonds is 4. The van der Waals surface area contributed by atoms with Crippen LogP contribution in [0.25, 0.3) is 0 Å². The van der Waals surface area contributed by atoms with E-state index in [-0.39, 0.29) is 17.9 Å². The molecule has 0 bridgehead atoms. The Morgan fingerprint density at radius 2 is 1.79 bits per heavy atom. The van der Waals surface area contributed by atoms with E-state index in [4.69, 9.17) is 0 Å². The molecule has 2 rings (SSSR count). The van der Waals surface area contributed by atoms with E-state index in [1.54, 1.807) is 0 Å². The van der Waals surface area contributed by atoms with E-state index < -0.39 is 11.6 Å². The van der Waals surface area contributed by atoms with Crippen molar-refractivity contribution in [3.8, 4) is 0 Å². The molecular weight excluding hydrogens is 250 g/mol. The molecule has 1 heterocycles. The number of Topliss-reactive ketones (excluding diaryl/α,β-unsaturated/α-hetero) is 1. The van der Waals surface area contributed by atoms with Gasteiger partial charge in [0.05, 0.1) is 12.1 Å². The number of carbonyl (C=O) groups excluding carboxylic acids is 1. The van der Waals surface area contributed by atoms with E-state index in [2.05, 4.69) is 11.8 Å². The van der Waals surface area contributed by atoms with Gasteiger partial charge in [-0.05, 0) is 24.7 Å². The number of carbonyl (C=O) groups is 1. The topological polar surface area (TPSA) is 23.6 Å². The van der Waals surface area contributed by atoms with Gasteiger partial charge in [0.2, 0.25) is 0 Å². The third kappa shape index (κ3) is 3.58. The highest BCUT2D eigenvalue weighted by Gasteiger charge is 2.20. The van der Waals surface area contributed by atoms with Gasteiger partial charge in [0.15, 0.2) is 5.78 Å². The van der Waals surface area contributed by atoms with Crippen LogP contribution in [0.15, 0.2) is 18.2 Å². The molecule has 19 heavy (non-hydrogen) atoms. The van der Waals surface area contributed by atoms with Crippen LogP contribution in [0.4, 0.5) is 8.78 Å². The van der Waals surface area contributed by atoms with E-state index >= 15 is 0 Å². The summed E-state index contributed by atoms with van der Waals surface area (Å²) >= 11 is 0. The minimum Gasteiger partial charge on any atom is -0.301 e. The van der Waals surface area contributed by atoms with Gasteiger partial charge in [0.25, 0.3) is 0 Å². The maximum Gasteiger partial charge on any atom is 0.179 e. The molecule has 1 aromatic rings. The minimum absolute atomic E-state index is 0.151. The molecule has 3 nitrogen and oxygen atoms in total. The van der Waals surface area contributed by atoms with Crippen molar-refractivity contribution in [3.05, 3.63) is 35.4 Å². The Bertz CT molecular complexity index is 457. The van der Waals surface area contributed by atoms with Crippen LogP contribution < -0.4 is 0 Å². The van der Waals surface area contributed by atoms with Crippen molar-refractivity contribution in [1.29, 1.82) is 0 Å². The lowest BCUT2D eigenvalue weighted by Crippen LogP contribution is -2.47. The predicted octanol–water partition coefficient (Wildman–Crippen LogP) is 1.78. The summed E-state index contributed by atoms with van der Waals surface area (Å²) < 4.78 is 26.5. The van der Waals surface area contributed by atoms with Crippen molar-refractivity contribution in [2.24, 2.45) is 0 Å². The molecule has 0 unspecified atom stereocenters. The largest absolute Gasteiger partial charge is 0.301 e. The van der Waals surface area contributed by atoms with E-state index in [0.29, 0.717) is 0 Å². The maximum atomic E-state index is 13.5. The molecule has 1 aliphatic rings. The van der Waals surface area contributed by atoms with Gasteiger partial charge in [0.1, 0.15) is 11.6 Å². The van der Waals surface area contributed by atoms with Crippen molar-refractivity contribution >= 4 is 5.78 Å². The molecule has 1 saturated heterocycles. The van der Waals surface area contributed by atoms with Crippen LogP contribution in [0.2, 0.25) is 0 Å². The fourth-order valence-corrected chi connectivity index (χ4v) is 2.26. The molecule has 0 radical (unpaired) electrons. The summed E-state index contributed by atoms with van der Waals surface area (Å²) in [5, 5.41) is 0. The first-order valence-electron chi connectivity index (χ1n) is 6.53. The van der Waals surface area contributed by atoms with E-state index in [1.165, 1.54) is 0 Å². The Morgan fingerprint density at radius 3 is 2.42 bits per heavy atom. The number of benzene rings is 1. The second kappa shape index (κ2) is 6.21. The molecule has 5 heteroatoms. The summed E-state index contributed by atoms with van der Waals surface area (Å²) in [6.45, 7) is 6.65. The number of likely N-dealkylation sites (N-methyl/N-ethyl adjacent to an activating group) is 1. The SMILES string of the molecule is CCN1CCN(CC(=O)c2cc(F)ccc2F)CC1. The summed E-state index contributed by atoms with van der Waals surface area (Å²) in [6, 6.07) is 2.99. The van der Waals surface area contributed by atoms with Crippen LogP contribution in [0, 0.1) is 11.6 Å².